The molecule has 0 aromatic carbocycles. The second-order valence-corrected chi connectivity index (χ2v) is 23.2. The summed E-state index contributed by atoms with van der Waals surface area (Å²) in [5.74, 6) is -0.309. The maximum absolute atomic E-state index is 13.3. The van der Waals surface area contributed by atoms with Crippen molar-refractivity contribution in [1.82, 2.24) is 5.32 Å². The van der Waals surface area contributed by atoms with Crippen LogP contribution in [0.15, 0.2) is 109 Å². The van der Waals surface area contributed by atoms with Crippen LogP contribution < -0.4 is 5.32 Å². The van der Waals surface area contributed by atoms with Crippen molar-refractivity contribution in [3.63, 3.8) is 0 Å². The number of aliphatic hydroxyl groups is 8. The third kappa shape index (κ3) is 39.3. The highest BCUT2D eigenvalue weighted by atomic mass is 16.7. The summed E-state index contributed by atoms with van der Waals surface area (Å²) >= 11 is 0. The molecule has 0 bridgehead atoms. The first-order valence-electron chi connectivity index (χ1n) is 33.6. The van der Waals surface area contributed by atoms with Crippen LogP contribution in [0.5, 0.6) is 0 Å². The van der Waals surface area contributed by atoms with E-state index in [1.165, 1.54) is 141 Å². The Morgan fingerprint density at radius 3 is 1.29 bits per heavy atom. The molecule has 2 heterocycles. The van der Waals surface area contributed by atoms with E-state index in [1.807, 2.05) is 12.2 Å². The van der Waals surface area contributed by atoms with Crippen LogP contribution in [0.25, 0.3) is 0 Å². The van der Waals surface area contributed by atoms with Crippen LogP contribution in [0.4, 0.5) is 0 Å². The lowest BCUT2D eigenvalue weighted by Gasteiger charge is -2.46. The number of hydrogen-bond acceptors (Lipinski definition) is 13. The summed E-state index contributed by atoms with van der Waals surface area (Å²) in [7, 11) is 0. The van der Waals surface area contributed by atoms with Gasteiger partial charge in [0, 0.05) is 6.42 Å². The number of unbranched alkanes of at least 4 members (excludes halogenated alkanes) is 24. The van der Waals surface area contributed by atoms with Crippen LogP contribution in [0.3, 0.4) is 0 Å². The first-order chi connectivity index (χ1) is 41.6. The fourth-order valence-corrected chi connectivity index (χ4v) is 10.4. The topological polar surface area (TPSA) is 228 Å². The first-order valence-corrected chi connectivity index (χ1v) is 33.6. The average molecular weight is 1200 g/mol. The Kier molecular flexibility index (Phi) is 50.1. The minimum atomic E-state index is -1.80. The van der Waals surface area contributed by atoms with Gasteiger partial charge >= 0.3 is 0 Å². The molecule has 2 aliphatic heterocycles. The lowest BCUT2D eigenvalue weighted by molar-refractivity contribution is -0.359. The second kappa shape index (κ2) is 54.8. The zero-order valence-corrected chi connectivity index (χ0v) is 52.8. The van der Waals surface area contributed by atoms with E-state index in [9.17, 15) is 45.6 Å². The fraction of sp³-hybridized carbons (Fsp3) is 0.732. The van der Waals surface area contributed by atoms with E-state index in [-0.39, 0.29) is 18.9 Å². The Labute approximate surface area is 515 Å². The van der Waals surface area contributed by atoms with E-state index in [0.717, 1.165) is 57.8 Å². The van der Waals surface area contributed by atoms with Gasteiger partial charge in [-0.05, 0) is 83.5 Å². The highest BCUT2D eigenvalue weighted by molar-refractivity contribution is 5.76. The maximum Gasteiger partial charge on any atom is 0.220 e. The molecule has 14 nitrogen and oxygen atoms in total. The molecule has 488 valence electrons. The smallest absolute Gasteiger partial charge is 0.220 e. The highest BCUT2D eigenvalue weighted by Crippen LogP contribution is 2.30. The van der Waals surface area contributed by atoms with E-state index in [0.29, 0.717) is 19.3 Å². The largest absolute Gasteiger partial charge is 0.394 e. The Balaban J connectivity index is 1.76. The zero-order valence-electron chi connectivity index (χ0n) is 52.8. The number of allylic oxidation sites excluding steroid dienone is 17. The average Bonchev–Trinajstić information content (AvgIpc) is 3.68. The number of rotatable bonds is 53. The lowest BCUT2D eigenvalue weighted by atomic mass is 9.97. The standard InChI is InChI=1S/C71H121NO13/c1-3-5-7-9-11-13-15-17-19-21-23-25-27-28-29-30-31-33-34-36-38-40-42-44-46-48-50-52-54-60(75)59(58-82-70-68(81)66(79)69(62(57-74)84-70)85-71-67(80)65(78)64(77)61(56-73)83-71)72-63(76)55-53-51-49-47-45-43-41-39-37-35-32-26-24-22-20-18-16-14-12-10-8-6-4-2/h6,8,12,14,18,20,24,26,35,37,41,43-44,46-47,49,52,54,59-62,64-71,73-75,77-81H,3-5,7,9-11,13,15-17,19,21-23,25,27-34,36,38-40,42,45,48,50-51,53,55-58H2,1-2H3,(H,72,76)/b8-6-,14-12-,20-18-,26-24-,37-35-,43-41-,46-44+,49-47-,54-52+. The predicted molar refractivity (Wildman–Crippen MR) is 345 cm³/mol. The van der Waals surface area contributed by atoms with Gasteiger partial charge in [-0.3, -0.25) is 4.79 Å². The van der Waals surface area contributed by atoms with Gasteiger partial charge in [-0.2, -0.15) is 0 Å². The Hall–Kier alpha value is -3.35. The molecule has 1 amide bonds. The van der Waals surface area contributed by atoms with Gasteiger partial charge in [0.15, 0.2) is 12.6 Å². The van der Waals surface area contributed by atoms with Crippen LogP contribution in [-0.4, -0.2) is 140 Å². The van der Waals surface area contributed by atoms with Crippen LogP contribution in [0.2, 0.25) is 0 Å². The monoisotopic (exact) mass is 1200 g/mol. The van der Waals surface area contributed by atoms with Crippen LogP contribution in [-0.2, 0) is 23.7 Å². The summed E-state index contributed by atoms with van der Waals surface area (Å²) in [6.07, 6.45) is 61.5. The molecule has 85 heavy (non-hydrogen) atoms. The molecule has 2 saturated heterocycles. The molecule has 2 rings (SSSR count). The minimum Gasteiger partial charge on any atom is -0.394 e. The summed E-state index contributed by atoms with van der Waals surface area (Å²) in [6, 6.07) is -0.972. The molecule has 0 aromatic rings. The van der Waals surface area contributed by atoms with E-state index < -0.39 is 86.8 Å². The molecule has 2 fully saturated rings. The second-order valence-electron chi connectivity index (χ2n) is 23.2. The molecule has 12 unspecified atom stereocenters. The van der Waals surface area contributed by atoms with Gasteiger partial charge in [-0.15, -0.1) is 0 Å². The van der Waals surface area contributed by atoms with Gasteiger partial charge in [-0.1, -0.05) is 258 Å². The van der Waals surface area contributed by atoms with Gasteiger partial charge in [0.1, 0.15) is 48.8 Å². The van der Waals surface area contributed by atoms with Crippen molar-refractivity contribution in [3.05, 3.63) is 109 Å². The molecule has 0 saturated carbocycles. The summed E-state index contributed by atoms with van der Waals surface area (Å²) in [5.41, 5.74) is 0. The van der Waals surface area contributed by atoms with Gasteiger partial charge in [0.25, 0.3) is 0 Å². The molecule has 2 aliphatic rings. The van der Waals surface area contributed by atoms with Gasteiger partial charge in [0.05, 0.1) is 32.0 Å². The summed E-state index contributed by atoms with van der Waals surface area (Å²) in [6.45, 7) is 2.64. The first kappa shape index (κ1) is 77.7. The van der Waals surface area contributed by atoms with Crippen LogP contribution >= 0.6 is 0 Å². The normalized spacial score (nSPS) is 24.3. The fourth-order valence-electron chi connectivity index (χ4n) is 10.4. The van der Waals surface area contributed by atoms with Crippen LogP contribution in [0.1, 0.15) is 239 Å². The van der Waals surface area contributed by atoms with E-state index >= 15 is 0 Å². The van der Waals surface area contributed by atoms with Crippen molar-refractivity contribution in [2.24, 2.45) is 0 Å². The predicted octanol–water partition coefficient (Wildman–Crippen LogP) is 13.2. The molecule has 9 N–H and O–H groups in total. The molecule has 0 aromatic heterocycles. The third-order valence-electron chi connectivity index (χ3n) is 15.7. The molecule has 14 heteroatoms. The quantitative estimate of drug-likeness (QED) is 0.0204. The van der Waals surface area contributed by atoms with Crippen molar-refractivity contribution in [1.29, 1.82) is 0 Å². The molecule has 0 spiro atoms. The zero-order chi connectivity index (χ0) is 61.6. The molecule has 0 radical (unpaired) electrons. The molecule has 0 aliphatic carbocycles. The Morgan fingerprint density at radius 2 is 0.824 bits per heavy atom. The third-order valence-corrected chi connectivity index (χ3v) is 15.7. The Bertz CT molecular complexity index is 1840. The van der Waals surface area contributed by atoms with E-state index in [4.69, 9.17) is 18.9 Å². The number of carbonyl (C=O) groups is 1. The highest BCUT2D eigenvalue weighted by Gasteiger charge is 2.51. The maximum atomic E-state index is 13.3. The number of carbonyl (C=O) groups excluding carboxylic acids is 1. The van der Waals surface area contributed by atoms with Crippen molar-refractivity contribution >= 4 is 5.91 Å². The summed E-state index contributed by atoms with van der Waals surface area (Å²) in [4.78, 5) is 13.3. The molecular weight excluding hydrogens is 1070 g/mol. The number of amides is 1. The SMILES string of the molecule is CC/C=C\C/C=C\C/C=C\C/C=C\C/C=C\C/C=C\C/C=C\CCCC(=O)NC(COC1OC(CO)C(OC2OC(CO)C(O)C(O)C2O)C(O)C1O)C(O)/C=C/CC/C=C/CCCCCCCCCCCCCCCCCCCCCCCC. The number of ether oxygens (including phenoxy) is 4. The van der Waals surface area contributed by atoms with Crippen molar-refractivity contribution in [3.8, 4) is 0 Å². The van der Waals surface area contributed by atoms with Crippen molar-refractivity contribution in [2.75, 3.05) is 19.8 Å². The summed E-state index contributed by atoms with van der Waals surface area (Å²) in [5, 5.41) is 87.3. The van der Waals surface area contributed by atoms with Gasteiger partial charge in [-0.25, -0.2) is 0 Å². The molecule has 12 atom stereocenters. The number of hydrogen-bond donors (Lipinski definition) is 9. The van der Waals surface area contributed by atoms with Gasteiger partial charge < -0.3 is 65.1 Å². The number of aliphatic hydroxyl groups excluding tert-OH is 8. The van der Waals surface area contributed by atoms with Gasteiger partial charge in [0.2, 0.25) is 5.91 Å². The lowest BCUT2D eigenvalue weighted by Crippen LogP contribution is -2.65. The number of nitrogens with one attached hydrogen (secondary N) is 1. The van der Waals surface area contributed by atoms with Crippen LogP contribution in [0, 0.1) is 0 Å². The van der Waals surface area contributed by atoms with E-state index in [1.54, 1.807) is 6.08 Å². The minimum absolute atomic E-state index is 0.187. The van der Waals surface area contributed by atoms with E-state index in [2.05, 4.69) is 110 Å². The summed E-state index contributed by atoms with van der Waals surface area (Å²) < 4.78 is 22.8. The van der Waals surface area contributed by atoms with Crippen molar-refractivity contribution < 1.29 is 64.6 Å². The van der Waals surface area contributed by atoms with Crippen molar-refractivity contribution in [2.45, 2.75) is 312 Å². The Morgan fingerprint density at radius 1 is 0.435 bits per heavy atom. The molecular formula is C71H121NO13.